The first-order chi connectivity index (χ1) is 9.70. The van der Waals surface area contributed by atoms with Gasteiger partial charge >= 0.3 is 0 Å². The largest absolute Gasteiger partial charge is 0.378 e. The molecule has 2 saturated heterocycles. The number of ether oxygens (including phenoxy) is 1. The molecule has 3 heterocycles. The van der Waals surface area contributed by atoms with Crippen LogP contribution in [0.5, 0.6) is 0 Å². The van der Waals surface area contributed by atoms with Gasteiger partial charge < -0.3 is 4.74 Å². The van der Waals surface area contributed by atoms with E-state index < -0.39 is 0 Å². The van der Waals surface area contributed by atoms with E-state index >= 15 is 0 Å². The van der Waals surface area contributed by atoms with E-state index in [4.69, 9.17) is 4.74 Å². The van der Waals surface area contributed by atoms with E-state index in [2.05, 4.69) is 21.8 Å². The number of rotatable bonds is 2. The van der Waals surface area contributed by atoms with E-state index in [1.54, 1.807) is 12.3 Å². The van der Waals surface area contributed by atoms with Gasteiger partial charge in [0.2, 0.25) is 0 Å². The maximum atomic E-state index is 13.6. The van der Waals surface area contributed by atoms with E-state index in [9.17, 15) is 4.39 Å². The lowest BCUT2D eigenvalue weighted by molar-refractivity contribution is -0.0836. The highest BCUT2D eigenvalue weighted by molar-refractivity contribution is 5.12. The maximum absolute atomic E-state index is 13.6. The zero-order valence-corrected chi connectivity index (χ0v) is 12.0. The molecule has 0 aliphatic carbocycles. The van der Waals surface area contributed by atoms with Crippen LogP contribution in [-0.4, -0.2) is 60.2 Å². The third kappa shape index (κ3) is 2.71. The van der Waals surface area contributed by atoms with Gasteiger partial charge in [-0.05, 0) is 26.0 Å². The summed E-state index contributed by atoms with van der Waals surface area (Å²) in [6.45, 7) is 5.35. The highest BCUT2D eigenvalue weighted by Crippen LogP contribution is 2.31. The Morgan fingerprint density at radius 2 is 2.15 bits per heavy atom. The molecule has 0 unspecified atom stereocenters. The number of hydrogen-bond donors (Lipinski definition) is 0. The van der Waals surface area contributed by atoms with Crippen molar-refractivity contribution < 1.29 is 9.13 Å². The molecule has 2 fully saturated rings. The van der Waals surface area contributed by atoms with Crippen LogP contribution in [0.25, 0.3) is 0 Å². The van der Waals surface area contributed by atoms with Crippen molar-refractivity contribution in [2.24, 2.45) is 0 Å². The van der Waals surface area contributed by atoms with Crippen LogP contribution in [-0.2, 0) is 11.3 Å². The van der Waals surface area contributed by atoms with Crippen LogP contribution in [0.1, 0.15) is 18.4 Å². The van der Waals surface area contributed by atoms with Crippen LogP contribution in [0.2, 0.25) is 0 Å². The fourth-order valence-corrected chi connectivity index (χ4v) is 3.24. The topological polar surface area (TPSA) is 28.6 Å². The molecule has 1 aromatic rings. The van der Waals surface area contributed by atoms with Crippen LogP contribution in [0.3, 0.4) is 0 Å². The van der Waals surface area contributed by atoms with Crippen molar-refractivity contribution in [3.05, 3.63) is 29.8 Å². The zero-order chi connectivity index (χ0) is 14.0. The summed E-state index contributed by atoms with van der Waals surface area (Å²) in [6.07, 6.45) is 5.14. The predicted octanol–water partition coefficient (Wildman–Crippen LogP) is 1.52. The van der Waals surface area contributed by atoms with Crippen molar-refractivity contribution in [3.8, 4) is 0 Å². The Kier molecular flexibility index (Phi) is 4.01. The number of hydrogen-bond acceptors (Lipinski definition) is 4. The molecule has 1 aromatic heterocycles. The summed E-state index contributed by atoms with van der Waals surface area (Å²) in [7, 11) is 2.20. The normalized spacial score (nSPS) is 24.1. The third-order valence-corrected chi connectivity index (χ3v) is 4.79. The molecule has 0 saturated carbocycles. The number of likely N-dealkylation sites (N-methyl/N-ethyl adjacent to an activating group) is 1. The van der Waals surface area contributed by atoms with Crippen molar-refractivity contribution in [2.75, 3.05) is 39.9 Å². The lowest BCUT2D eigenvalue weighted by atomic mass is 9.85. The molecule has 0 atom stereocenters. The van der Waals surface area contributed by atoms with Crippen molar-refractivity contribution in [1.29, 1.82) is 0 Å². The summed E-state index contributed by atoms with van der Waals surface area (Å²) in [5, 5.41) is 0. The van der Waals surface area contributed by atoms with Crippen LogP contribution in [0.15, 0.2) is 18.5 Å². The Bertz CT molecular complexity index is 460. The van der Waals surface area contributed by atoms with Crippen molar-refractivity contribution in [2.45, 2.75) is 24.9 Å². The van der Waals surface area contributed by atoms with Gasteiger partial charge in [0.25, 0.3) is 0 Å². The standard InChI is InChI=1S/C15H22FN3O/c1-18-8-9-20-12-15(18)3-6-19(7-4-15)11-13-2-5-17-10-14(13)16/h2,5,10H,3-4,6-9,11-12H2,1H3. The van der Waals surface area contributed by atoms with Gasteiger partial charge in [-0.2, -0.15) is 0 Å². The predicted molar refractivity (Wildman–Crippen MR) is 74.9 cm³/mol. The zero-order valence-electron chi connectivity index (χ0n) is 12.0. The molecule has 0 amide bonds. The number of piperidine rings is 1. The number of pyridine rings is 1. The number of halogens is 1. The summed E-state index contributed by atoms with van der Waals surface area (Å²) in [5.41, 5.74) is 0.940. The second-order valence-electron chi connectivity index (χ2n) is 5.94. The Hall–Kier alpha value is -1.04. The maximum Gasteiger partial charge on any atom is 0.145 e. The fourth-order valence-electron chi connectivity index (χ4n) is 3.24. The van der Waals surface area contributed by atoms with Gasteiger partial charge in [-0.1, -0.05) is 0 Å². The van der Waals surface area contributed by atoms with Gasteiger partial charge in [0, 0.05) is 43.5 Å². The number of morpholine rings is 1. The molecule has 0 N–H and O–H groups in total. The lowest BCUT2D eigenvalue weighted by Crippen LogP contribution is -2.59. The summed E-state index contributed by atoms with van der Waals surface area (Å²) in [5.74, 6) is -0.203. The number of nitrogens with zero attached hydrogens (tertiary/aromatic N) is 3. The second kappa shape index (κ2) is 5.76. The Labute approximate surface area is 119 Å². The van der Waals surface area contributed by atoms with E-state index in [0.717, 1.165) is 51.3 Å². The first kappa shape index (κ1) is 13.9. The summed E-state index contributed by atoms with van der Waals surface area (Å²) >= 11 is 0. The van der Waals surface area contributed by atoms with E-state index in [1.807, 2.05) is 0 Å². The van der Waals surface area contributed by atoms with Gasteiger partial charge in [-0.15, -0.1) is 0 Å². The Morgan fingerprint density at radius 3 is 2.85 bits per heavy atom. The molecular weight excluding hydrogens is 257 g/mol. The first-order valence-corrected chi connectivity index (χ1v) is 7.29. The van der Waals surface area contributed by atoms with Gasteiger partial charge in [-0.3, -0.25) is 14.8 Å². The third-order valence-electron chi connectivity index (χ3n) is 4.79. The van der Waals surface area contributed by atoms with E-state index in [0.29, 0.717) is 6.54 Å². The minimum Gasteiger partial charge on any atom is -0.378 e. The number of aromatic nitrogens is 1. The van der Waals surface area contributed by atoms with Crippen molar-refractivity contribution in [3.63, 3.8) is 0 Å². The molecule has 20 heavy (non-hydrogen) atoms. The smallest absolute Gasteiger partial charge is 0.145 e. The summed E-state index contributed by atoms with van der Waals surface area (Å²) in [6, 6.07) is 1.77. The Morgan fingerprint density at radius 1 is 1.35 bits per heavy atom. The van der Waals surface area contributed by atoms with Crippen molar-refractivity contribution >= 4 is 0 Å². The molecule has 2 aliphatic rings. The van der Waals surface area contributed by atoms with Crippen LogP contribution in [0.4, 0.5) is 4.39 Å². The Balaban J connectivity index is 1.60. The average Bonchev–Trinajstić information content (AvgIpc) is 2.47. The SMILES string of the molecule is CN1CCOCC12CCN(Cc1ccncc1F)CC2. The monoisotopic (exact) mass is 279 g/mol. The molecule has 1 spiro atoms. The van der Waals surface area contributed by atoms with Crippen LogP contribution >= 0.6 is 0 Å². The lowest BCUT2D eigenvalue weighted by Gasteiger charge is -2.49. The van der Waals surface area contributed by atoms with Crippen LogP contribution in [0, 0.1) is 5.82 Å². The highest BCUT2D eigenvalue weighted by Gasteiger charge is 2.40. The van der Waals surface area contributed by atoms with E-state index in [1.165, 1.54) is 6.20 Å². The first-order valence-electron chi connectivity index (χ1n) is 7.29. The van der Waals surface area contributed by atoms with Gasteiger partial charge in [-0.25, -0.2) is 4.39 Å². The fraction of sp³-hybridized carbons (Fsp3) is 0.667. The van der Waals surface area contributed by atoms with Gasteiger partial charge in [0.1, 0.15) is 5.82 Å². The molecule has 3 rings (SSSR count). The van der Waals surface area contributed by atoms with Gasteiger partial charge in [0.15, 0.2) is 0 Å². The van der Waals surface area contributed by atoms with Gasteiger partial charge in [0.05, 0.1) is 19.4 Å². The van der Waals surface area contributed by atoms with E-state index in [-0.39, 0.29) is 11.4 Å². The summed E-state index contributed by atoms with van der Waals surface area (Å²) in [4.78, 5) is 8.57. The quantitative estimate of drug-likeness (QED) is 0.820. The number of likely N-dealkylation sites (tertiary alicyclic amines) is 1. The van der Waals surface area contributed by atoms with Crippen molar-refractivity contribution in [1.82, 2.24) is 14.8 Å². The molecule has 4 nitrogen and oxygen atoms in total. The molecule has 110 valence electrons. The highest BCUT2D eigenvalue weighted by atomic mass is 19.1. The molecule has 0 bridgehead atoms. The average molecular weight is 279 g/mol. The van der Waals surface area contributed by atoms with Crippen LogP contribution < -0.4 is 0 Å². The minimum absolute atomic E-state index is 0.200. The molecule has 5 heteroatoms. The molecule has 0 radical (unpaired) electrons. The second-order valence-corrected chi connectivity index (χ2v) is 5.94. The summed E-state index contributed by atoms with van der Waals surface area (Å²) < 4.78 is 19.3. The molecular formula is C15H22FN3O. The molecule has 0 aromatic carbocycles. The minimum atomic E-state index is -0.203. The molecule has 2 aliphatic heterocycles.